The molecule has 2 unspecified atom stereocenters. The molecule has 0 spiro atoms. The second-order valence-corrected chi connectivity index (χ2v) is 7.54. The van der Waals surface area contributed by atoms with E-state index < -0.39 is 6.72 Å². The maximum atomic E-state index is 9.77. The highest BCUT2D eigenvalue weighted by atomic mass is 32.5. The fourth-order valence-corrected chi connectivity index (χ4v) is 3.26. The number of rotatable bonds is 12. The summed E-state index contributed by atoms with van der Waals surface area (Å²) in [5, 5.41) is 0. The molecule has 1 N–H and O–H groups in total. The molecule has 0 radical (unpaired) electrons. The van der Waals surface area contributed by atoms with Crippen LogP contribution in [0.25, 0.3) is 0 Å². The van der Waals surface area contributed by atoms with Crippen molar-refractivity contribution in [3.05, 3.63) is 0 Å². The van der Waals surface area contributed by atoms with E-state index in [0.717, 1.165) is 19.3 Å². The van der Waals surface area contributed by atoms with Gasteiger partial charge in [0.15, 0.2) is 0 Å². The Kier molecular flexibility index (Phi) is 11.7. The van der Waals surface area contributed by atoms with Crippen LogP contribution in [0.4, 0.5) is 0 Å². The summed E-state index contributed by atoms with van der Waals surface area (Å²) in [6.45, 7) is 3.63. The average Bonchev–Trinajstić information content (AvgIpc) is 2.31. The molecule has 0 aromatic carbocycles. The number of unbranched alkanes of at least 4 members (excludes halogenated alkanes) is 6. The minimum Gasteiger partial charge on any atom is -0.324 e. The third-order valence-corrected chi connectivity index (χ3v) is 4.60. The molecule has 0 aliphatic rings. The van der Waals surface area contributed by atoms with Gasteiger partial charge in [-0.25, -0.2) is 0 Å². The van der Waals surface area contributed by atoms with Gasteiger partial charge in [0.05, 0.1) is 12.7 Å². The van der Waals surface area contributed by atoms with Crippen molar-refractivity contribution in [2.24, 2.45) is 0 Å². The van der Waals surface area contributed by atoms with Crippen molar-refractivity contribution < 1.29 is 13.9 Å². The van der Waals surface area contributed by atoms with Crippen LogP contribution in [0.1, 0.15) is 72.1 Å². The van der Waals surface area contributed by atoms with E-state index in [2.05, 4.69) is 6.92 Å². The quantitative estimate of drug-likeness (QED) is 0.415. The predicted molar refractivity (Wildman–Crippen MR) is 81.3 cm³/mol. The molecule has 2 atom stereocenters. The van der Waals surface area contributed by atoms with Crippen molar-refractivity contribution >= 4 is 18.5 Å². The summed E-state index contributed by atoms with van der Waals surface area (Å²) in [6.07, 6.45) is 9.37. The van der Waals surface area contributed by atoms with Crippen molar-refractivity contribution in [2.45, 2.75) is 78.2 Å². The lowest BCUT2D eigenvalue weighted by Crippen LogP contribution is -2.06. The topological polar surface area (TPSA) is 38.7 Å². The third kappa shape index (κ3) is 11.6. The average molecular weight is 296 g/mol. The molecule has 0 aliphatic carbocycles. The molecule has 0 aromatic rings. The second kappa shape index (κ2) is 11.4. The van der Waals surface area contributed by atoms with Crippen LogP contribution in [0.5, 0.6) is 0 Å². The maximum absolute atomic E-state index is 9.77. The van der Waals surface area contributed by atoms with Gasteiger partial charge in [-0.2, -0.15) is 0 Å². The van der Waals surface area contributed by atoms with E-state index in [1.807, 2.05) is 13.8 Å². The molecule has 0 saturated carbocycles. The summed E-state index contributed by atoms with van der Waals surface area (Å²) in [7, 11) is 0. The SMILES string of the molecule is CCCCCCCCCOP(O)(=S)OC(C)CC. The van der Waals surface area contributed by atoms with Crippen molar-refractivity contribution in [2.75, 3.05) is 6.61 Å². The van der Waals surface area contributed by atoms with Crippen LogP contribution in [-0.2, 0) is 20.9 Å². The van der Waals surface area contributed by atoms with Crippen molar-refractivity contribution in [1.82, 2.24) is 0 Å². The largest absolute Gasteiger partial charge is 0.324 e. The Morgan fingerprint density at radius 3 is 2.17 bits per heavy atom. The van der Waals surface area contributed by atoms with E-state index in [1.165, 1.54) is 32.1 Å². The standard InChI is InChI=1S/C13H29O3PS/c1-4-6-7-8-9-10-11-12-15-17(14,18)16-13(3)5-2/h13H,4-12H2,1-3H3,(H,14,18). The van der Waals surface area contributed by atoms with E-state index in [4.69, 9.17) is 20.9 Å². The smallest absolute Gasteiger partial charge is 0.324 e. The molecule has 3 nitrogen and oxygen atoms in total. The van der Waals surface area contributed by atoms with Crippen LogP contribution in [-0.4, -0.2) is 17.6 Å². The van der Waals surface area contributed by atoms with Gasteiger partial charge in [0.25, 0.3) is 0 Å². The second-order valence-electron chi connectivity index (χ2n) is 4.75. The Hall–Kier alpha value is 0.530. The first kappa shape index (κ1) is 18.5. The fraction of sp³-hybridized carbons (Fsp3) is 1.00. The lowest BCUT2D eigenvalue weighted by atomic mass is 10.1. The van der Waals surface area contributed by atoms with Crippen LogP contribution < -0.4 is 0 Å². The summed E-state index contributed by atoms with van der Waals surface area (Å²) in [5.74, 6) is 0. The first-order valence-corrected chi connectivity index (χ1v) is 9.76. The van der Waals surface area contributed by atoms with E-state index >= 15 is 0 Å². The summed E-state index contributed by atoms with van der Waals surface area (Å²) >= 11 is 4.94. The highest BCUT2D eigenvalue weighted by molar-refractivity contribution is 8.07. The summed E-state index contributed by atoms with van der Waals surface area (Å²) in [4.78, 5) is 9.77. The first-order valence-electron chi connectivity index (χ1n) is 7.17. The summed E-state index contributed by atoms with van der Waals surface area (Å²) < 4.78 is 10.6. The van der Waals surface area contributed by atoms with Crippen molar-refractivity contribution in [3.8, 4) is 0 Å². The van der Waals surface area contributed by atoms with Crippen molar-refractivity contribution in [3.63, 3.8) is 0 Å². The molecule has 0 fully saturated rings. The molecular formula is C13H29O3PS. The summed E-state index contributed by atoms with van der Waals surface area (Å²) in [6, 6.07) is 0. The zero-order chi connectivity index (χ0) is 13.9. The van der Waals surface area contributed by atoms with Gasteiger partial charge in [-0.15, -0.1) is 0 Å². The number of hydrogen-bond acceptors (Lipinski definition) is 3. The minimum atomic E-state index is -3.00. The molecule has 0 aromatic heterocycles. The Labute approximate surface area is 118 Å². The lowest BCUT2D eigenvalue weighted by molar-refractivity contribution is 0.147. The Morgan fingerprint density at radius 2 is 1.61 bits per heavy atom. The maximum Gasteiger partial charge on any atom is 0.324 e. The van der Waals surface area contributed by atoms with E-state index in [9.17, 15) is 4.89 Å². The highest BCUT2D eigenvalue weighted by Gasteiger charge is 2.17. The van der Waals surface area contributed by atoms with Crippen molar-refractivity contribution in [1.29, 1.82) is 0 Å². The normalized spacial score (nSPS) is 16.4. The number of hydrogen-bond donors (Lipinski definition) is 1. The Morgan fingerprint density at radius 1 is 1.06 bits per heavy atom. The van der Waals surface area contributed by atoms with Crippen LogP contribution in [0.3, 0.4) is 0 Å². The molecule has 18 heavy (non-hydrogen) atoms. The fourth-order valence-electron chi connectivity index (χ4n) is 1.57. The van der Waals surface area contributed by atoms with Crippen LogP contribution in [0.2, 0.25) is 0 Å². The van der Waals surface area contributed by atoms with Crippen LogP contribution in [0.15, 0.2) is 0 Å². The third-order valence-electron chi connectivity index (χ3n) is 2.89. The van der Waals surface area contributed by atoms with Crippen LogP contribution in [0, 0.1) is 0 Å². The van der Waals surface area contributed by atoms with Gasteiger partial charge in [0, 0.05) is 0 Å². The molecule has 0 bridgehead atoms. The zero-order valence-electron chi connectivity index (χ0n) is 12.1. The van der Waals surface area contributed by atoms with Gasteiger partial charge >= 0.3 is 6.72 Å². The van der Waals surface area contributed by atoms with Gasteiger partial charge < -0.3 is 13.9 Å². The molecule has 0 amide bonds. The molecule has 0 rings (SSSR count). The Balaban J connectivity index is 3.44. The monoisotopic (exact) mass is 296 g/mol. The van der Waals surface area contributed by atoms with E-state index in [-0.39, 0.29) is 6.10 Å². The van der Waals surface area contributed by atoms with Gasteiger partial charge in [-0.05, 0) is 31.6 Å². The lowest BCUT2D eigenvalue weighted by Gasteiger charge is -2.19. The molecule has 0 heterocycles. The highest BCUT2D eigenvalue weighted by Crippen LogP contribution is 2.45. The molecule has 0 saturated heterocycles. The van der Waals surface area contributed by atoms with E-state index in [1.54, 1.807) is 0 Å². The van der Waals surface area contributed by atoms with Gasteiger partial charge in [-0.3, -0.25) is 0 Å². The molecular weight excluding hydrogens is 267 g/mol. The Bertz CT molecular complexity index is 236. The summed E-state index contributed by atoms with van der Waals surface area (Å²) in [5.41, 5.74) is 0. The van der Waals surface area contributed by atoms with Gasteiger partial charge in [-0.1, -0.05) is 52.4 Å². The minimum absolute atomic E-state index is 0.0325. The predicted octanol–water partition coefficient (Wildman–Crippen LogP) is 4.79. The first-order chi connectivity index (χ1) is 8.52. The molecule has 110 valence electrons. The van der Waals surface area contributed by atoms with E-state index in [0.29, 0.717) is 6.61 Å². The van der Waals surface area contributed by atoms with Gasteiger partial charge in [0.1, 0.15) is 0 Å². The van der Waals surface area contributed by atoms with Crippen LogP contribution >= 0.6 is 6.72 Å². The molecule has 0 aliphatic heterocycles. The molecule has 5 heteroatoms. The van der Waals surface area contributed by atoms with Gasteiger partial charge in [0.2, 0.25) is 0 Å². The zero-order valence-corrected chi connectivity index (χ0v) is 13.8.